The summed E-state index contributed by atoms with van der Waals surface area (Å²) in [4.78, 5) is 12.2. The zero-order chi connectivity index (χ0) is 27.2. The van der Waals surface area contributed by atoms with Gasteiger partial charge in [-0.15, -0.1) is 0 Å². The fourth-order valence-corrected chi connectivity index (χ4v) is 4.28. The molecule has 9 nitrogen and oxygen atoms in total. The molecule has 0 aromatic heterocycles. The van der Waals surface area contributed by atoms with Crippen LogP contribution in [0.4, 0.5) is 0 Å². The molecule has 0 amide bonds. The molecule has 202 valence electrons. The van der Waals surface area contributed by atoms with Crippen molar-refractivity contribution in [1.82, 2.24) is 5.09 Å². The maximum absolute atomic E-state index is 13.5. The van der Waals surface area contributed by atoms with E-state index in [2.05, 4.69) is 5.09 Å². The van der Waals surface area contributed by atoms with E-state index in [-0.39, 0.29) is 18.8 Å². The van der Waals surface area contributed by atoms with Crippen LogP contribution in [0, 0.1) is 0 Å². The fraction of sp³-hybridized carbons (Fsp3) is 0.500. The SMILES string of the molecule is CC(C)(O)O.COC(CCc1ccccc1)CO[P@@](=O)(N[C@@H](C)C(=O)OC(C)C)Oc1ccccc1. The van der Waals surface area contributed by atoms with Gasteiger partial charge in [-0.3, -0.25) is 9.32 Å². The molecule has 2 rings (SSSR count). The molecular formula is C26H40NO8P. The molecule has 0 spiro atoms. The van der Waals surface area contributed by atoms with Crippen LogP contribution >= 0.6 is 7.75 Å². The highest BCUT2D eigenvalue weighted by Gasteiger charge is 2.33. The van der Waals surface area contributed by atoms with Gasteiger partial charge in [0.15, 0.2) is 5.79 Å². The predicted molar refractivity (Wildman–Crippen MR) is 139 cm³/mol. The normalized spacial score (nSPS) is 14.7. The van der Waals surface area contributed by atoms with E-state index >= 15 is 0 Å². The number of carbonyl (C=O) groups excluding carboxylic acids is 1. The molecule has 2 aromatic carbocycles. The molecule has 0 saturated carbocycles. The maximum Gasteiger partial charge on any atom is 0.459 e. The van der Waals surface area contributed by atoms with Crippen LogP contribution in [0.3, 0.4) is 0 Å². The van der Waals surface area contributed by atoms with Gasteiger partial charge in [0, 0.05) is 7.11 Å². The third-order valence-electron chi connectivity index (χ3n) is 4.39. The topological polar surface area (TPSA) is 124 Å². The van der Waals surface area contributed by atoms with Crippen molar-refractivity contribution < 1.29 is 38.1 Å². The van der Waals surface area contributed by atoms with Gasteiger partial charge in [-0.2, -0.15) is 5.09 Å². The number of rotatable bonds is 13. The van der Waals surface area contributed by atoms with E-state index in [1.54, 1.807) is 52.1 Å². The quantitative estimate of drug-likeness (QED) is 0.197. The number of methoxy groups -OCH3 is 1. The lowest BCUT2D eigenvalue weighted by molar-refractivity contribution is -0.149. The van der Waals surface area contributed by atoms with E-state index in [1.165, 1.54) is 19.4 Å². The largest absolute Gasteiger partial charge is 0.462 e. The number of hydrogen-bond donors (Lipinski definition) is 3. The summed E-state index contributed by atoms with van der Waals surface area (Å²) in [5.41, 5.74) is 1.18. The van der Waals surface area contributed by atoms with Gasteiger partial charge in [0.1, 0.15) is 11.8 Å². The lowest BCUT2D eigenvalue weighted by Crippen LogP contribution is -2.36. The van der Waals surface area contributed by atoms with Gasteiger partial charge < -0.3 is 24.2 Å². The number of aliphatic hydroxyl groups is 2. The molecule has 10 heteroatoms. The van der Waals surface area contributed by atoms with Crippen LogP contribution in [-0.2, 0) is 29.8 Å². The Balaban J connectivity index is 0.00000118. The lowest BCUT2D eigenvalue weighted by atomic mass is 10.1. The monoisotopic (exact) mass is 525 g/mol. The smallest absolute Gasteiger partial charge is 0.459 e. The van der Waals surface area contributed by atoms with E-state index in [0.29, 0.717) is 12.2 Å². The van der Waals surface area contributed by atoms with Gasteiger partial charge in [-0.1, -0.05) is 48.5 Å². The van der Waals surface area contributed by atoms with E-state index < -0.39 is 25.5 Å². The van der Waals surface area contributed by atoms with Crippen molar-refractivity contribution in [3.05, 3.63) is 66.2 Å². The van der Waals surface area contributed by atoms with E-state index in [9.17, 15) is 9.36 Å². The molecule has 3 atom stereocenters. The van der Waals surface area contributed by atoms with Crippen molar-refractivity contribution in [3.63, 3.8) is 0 Å². The lowest BCUT2D eigenvalue weighted by Gasteiger charge is -2.25. The summed E-state index contributed by atoms with van der Waals surface area (Å²) in [6.07, 6.45) is 0.879. The van der Waals surface area contributed by atoms with Gasteiger partial charge in [-0.05, 0) is 65.2 Å². The minimum absolute atomic E-state index is 0.0341. The van der Waals surface area contributed by atoms with Gasteiger partial charge >= 0.3 is 13.7 Å². The highest BCUT2D eigenvalue weighted by molar-refractivity contribution is 7.52. The zero-order valence-corrected chi connectivity index (χ0v) is 22.8. The molecule has 1 unspecified atom stereocenters. The van der Waals surface area contributed by atoms with Crippen LogP contribution in [0.5, 0.6) is 5.75 Å². The first-order valence-electron chi connectivity index (χ1n) is 11.8. The number of nitrogens with one attached hydrogen (secondary N) is 1. The summed E-state index contributed by atoms with van der Waals surface area (Å²) in [6, 6.07) is 17.8. The average molecular weight is 526 g/mol. The van der Waals surface area contributed by atoms with E-state index in [4.69, 9.17) is 28.7 Å². The molecule has 0 aliphatic heterocycles. The summed E-state index contributed by atoms with van der Waals surface area (Å²) in [5, 5.41) is 18.8. The highest BCUT2D eigenvalue weighted by atomic mass is 31.2. The average Bonchev–Trinajstić information content (AvgIpc) is 2.79. The molecule has 0 aliphatic carbocycles. The van der Waals surface area contributed by atoms with Crippen LogP contribution in [-0.4, -0.2) is 53.9 Å². The number of aryl methyl sites for hydroxylation is 1. The number of para-hydroxylation sites is 1. The van der Waals surface area contributed by atoms with E-state index in [0.717, 1.165) is 6.42 Å². The summed E-state index contributed by atoms with van der Waals surface area (Å²) in [6.45, 7) is 7.68. The Morgan fingerprint density at radius 3 is 2.03 bits per heavy atom. The molecule has 0 saturated heterocycles. The van der Waals surface area contributed by atoms with Crippen molar-refractivity contribution in [3.8, 4) is 5.75 Å². The highest BCUT2D eigenvalue weighted by Crippen LogP contribution is 2.45. The molecule has 0 fully saturated rings. The third-order valence-corrected chi connectivity index (χ3v) is 6.03. The summed E-state index contributed by atoms with van der Waals surface area (Å²) >= 11 is 0. The minimum Gasteiger partial charge on any atom is -0.462 e. The second kappa shape index (κ2) is 15.8. The first-order valence-corrected chi connectivity index (χ1v) is 13.3. The Kier molecular flexibility index (Phi) is 13.9. The van der Waals surface area contributed by atoms with Crippen molar-refractivity contribution in [2.24, 2.45) is 0 Å². The number of ether oxygens (including phenoxy) is 2. The Labute approximate surface area is 214 Å². The van der Waals surface area contributed by atoms with Crippen molar-refractivity contribution in [2.45, 2.75) is 71.5 Å². The van der Waals surface area contributed by atoms with Gasteiger partial charge in [-0.25, -0.2) is 4.57 Å². The predicted octanol–water partition coefficient (Wildman–Crippen LogP) is 4.47. The van der Waals surface area contributed by atoms with Crippen molar-refractivity contribution in [2.75, 3.05) is 13.7 Å². The molecule has 3 N–H and O–H groups in total. The van der Waals surface area contributed by atoms with Crippen LogP contribution in [0.15, 0.2) is 60.7 Å². The first kappa shape index (κ1) is 31.8. The third kappa shape index (κ3) is 15.0. The Morgan fingerprint density at radius 2 is 1.53 bits per heavy atom. The molecule has 0 aliphatic rings. The molecule has 0 radical (unpaired) electrons. The van der Waals surface area contributed by atoms with Crippen LogP contribution < -0.4 is 9.61 Å². The number of hydrogen-bond acceptors (Lipinski definition) is 8. The number of benzene rings is 2. The summed E-state index contributed by atoms with van der Waals surface area (Å²) in [5.74, 6) is -1.68. The van der Waals surface area contributed by atoms with Crippen LogP contribution in [0.2, 0.25) is 0 Å². The molecule has 36 heavy (non-hydrogen) atoms. The van der Waals surface area contributed by atoms with Crippen molar-refractivity contribution >= 4 is 13.7 Å². The summed E-state index contributed by atoms with van der Waals surface area (Å²) < 4.78 is 35.5. The number of carbonyl (C=O) groups is 1. The number of esters is 1. The molecule has 2 aromatic rings. The minimum atomic E-state index is -3.89. The second-order valence-electron chi connectivity index (χ2n) is 8.91. The Bertz CT molecular complexity index is 913. The Morgan fingerprint density at radius 1 is 1.00 bits per heavy atom. The van der Waals surface area contributed by atoms with Crippen molar-refractivity contribution in [1.29, 1.82) is 0 Å². The molecule has 0 bridgehead atoms. The van der Waals surface area contributed by atoms with Gasteiger partial charge in [0.2, 0.25) is 0 Å². The maximum atomic E-state index is 13.5. The van der Waals surface area contributed by atoms with Crippen LogP contribution in [0.1, 0.15) is 46.6 Å². The molecule has 0 heterocycles. The first-order chi connectivity index (χ1) is 16.8. The van der Waals surface area contributed by atoms with E-state index in [1.807, 2.05) is 36.4 Å². The van der Waals surface area contributed by atoms with Crippen LogP contribution in [0.25, 0.3) is 0 Å². The van der Waals surface area contributed by atoms with Gasteiger partial charge in [0.05, 0.1) is 18.8 Å². The van der Waals surface area contributed by atoms with Gasteiger partial charge in [0.25, 0.3) is 0 Å². The summed E-state index contributed by atoms with van der Waals surface area (Å²) in [7, 11) is -2.31. The standard InChI is InChI=1S/C23H32NO6P.C3H8O2/c1-18(2)29-23(25)19(3)24-31(26,30-21-13-9-6-10-14-21)28-17-22(27-4)16-15-20-11-7-5-8-12-20;1-3(2,4)5/h5-14,18-19,22H,15-17H2,1-4H3,(H,24,26);4-5H,1-2H3/t19-,22?,31-;/m0./s1. The zero-order valence-electron chi connectivity index (χ0n) is 21.9. The Hall–Kier alpha value is -2.26. The fourth-order valence-electron chi connectivity index (χ4n) is 2.76. The second-order valence-corrected chi connectivity index (χ2v) is 10.6. The molecular weight excluding hydrogens is 485 g/mol.